The number of halogens is 3. The Morgan fingerprint density at radius 3 is 2.34 bits per heavy atom. The molecule has 0 radical (unpaired) electrons. The first-order chi connectivity index (χ1) is 16.7. The summed E-state index contributed by atoms with van der Waals surface area (Å²) in [7, 11) is -3.86. The first-order valence-electron chi connectivity index (χ1n) is 10.7. The molecule has 0 atom stereocenters. The van der Waals surface area contributed by atoms with Crippen LogP contribution < -0.4 is 21.3 Å². The van der Waals surface area contributed by atoms with Crippen LogP contribution in [0.2, 0.25) is 15.1 Å². The minimum atomic E-state index is -3.86. The molecule has 4 N–H and O–H groups in total. The molecular weight excluding hydrogens is 537 g/mol. The molecule has 0 aromatic heterocycles. The van der Waals surface area contributed by atoms with Crippen molar-refractivity contribution in [3.63, 3.8) is 0 Å². The number of amidine groups is 1. The minimum Gasteiger partial charge on any atom is -0.368 e. The Bertz CT molecular complexity index is 1220. The first-order valence-corrected chi connectivity index (χ1v) is 13.4. The van der Waals surface area contributed by atoms with E-state index in [1.54, 1.807) is 0 Å². The molecule has 3 rings (SSSR count). The fraction of sp³-hybridized carbons (Fsp3) is 0.318. The van der Waals surface area contributed by atoms with Crippen molar-refractivity contribution in [2.45, 2.75) is 11.3 Å². The maximum absolute atomic E-state index is 12.4. The van der Waals surface area contributed by atoms with E-state index in [9.17, 15) is 18.0 Å². The monoisotopic (exact) mass is 559 g/mol. The van der Waals surface area contributed by atoms with Crippen LogP contribution in [-0.2, 0) is 25.8 Å². The van der Waals surface area contributed by atoms with Gasteiger partial charge in [-0.1, -0.05) is 59.1 Å². The molecule has 2 aromatic carbocycles. The van der Waals surface area contributed by atoms with Crippen molar-refractivity contribution >= 4 is 62.3 Å². The highest BCUT2D eigenvalue weighted by Gasteiger charge is 2.21. The number of sulfone groups is 1. The third-order valence-corrected chi connectivity index (χ3v) is 8.00. The Morgan fingerprint density at radius 1 is 0.943 bits per heavy atom. The molecule has 0 fully saturated rings. The third-order valence-electron chi connectivity index (χ3n) is 5.00. The Morgan fingerprint density at radius 2 is 1.66 bits per heavy atom. The third kappa shape index (κ3) is 7.81. The number of rotatable bonds is 11. The van der Waals surface area contributed by atoms with Gasteiger partial charge in [0.2, 0.25) is 11.8 Å². The average molecular weight is 561 g/mol. The van der Waals surface area contributed by atoms with Crippen molar-refractivity contribution in [1.29, 1.82) is 0 Å². The summed E-state index contributed by atoms with van der Waals surface area (Å²) in [6, 6.07) is 10.5. The van der Waals surface area contributed by atoms with Gasteiger partial charge in [0.15, 0.2) is 9.84 Å². The Kier molecular flexibility index (Phi) is 9.76. The van der Waals surface area contributed by atoms with Crippen molar-refractivity contribution in [2.24, 2.45) is 4.99 Å². The summed E-state index contributed by atoms with van der Waals surface area (Å²) in [5, 5.41) is 10.8. The van der Waals surface area contributed by atoms with Crippen LogP contribution >= 0.6 is 34.8 Å². The second kappa shape index (κ2) is 12.5. The van der Waals surface area contributed by atoms with Gasteiger partial charge >= 0.3 is 0 Å². The van der Waals surface area contributed by atoms with Crippen LogP contribution in [0.25, 0.3) is 0 Å². The fourth-order valence-corrected chi connectivity index (χ4v) is 5.32. The normalized spacial score (nSPS) is 13.2. The van der Waals surface area contributed by atoms with Crippen molar-refractivity contribution < 1.29 is 18.0 Å². The van der Waals surface area contributed by atoms with Crippen molar-refractivity contribution in [3.8, 4) is 0 Å². The number of benzene rings is 2. The summed E-state index contributed by atoms with van der Waals surface area (Å²) < 4.78 is 24.9. The zero-order chi connectivity index (χ0) is 25.4. The molecule has 2 aromatic rings. The van der Waals surface area contributed by atoms with E-state index in [0.717, 1.165) is 30.1 Å². The molecule has 0 saturated heterocycles. The number of hydrogen-bond donors (Lipinski definition) is 4. The van der Waals surface area contributed by atoms with E-state index in [4.69, 9.17) is 34.8 Å². The molecule has 0 spiro atoms. The second-order valence-electron chi connectivity index (χ2n) is 7.59. The number of aliphatic imine (C=N–C) groups is 1. The molecule has 0 unspecified atom stereocenters. The van der Waals surface area contributed by atoms with Gasteiger partial charge in [-0.2, -0.15) is 0 Å². The SMILES string of the molecule is O=C(CNCS(=O)(=O)c1ccc(Cl)c(Cl)c1Cl)NCC(=O)NCCc1ccc(C2=NCCN2)cc1. The standard InChI is InChI=1S/C22H24Cl3N5O4S/c23-16-5-6-17(21(25)20(16)24)35(33,34)13-26-11-18(31)30-12-19(32)27-8-7-14-1-3-15(4-2-14)22-28-9-10-29-22/h1-6,26H,7-13H2,(H,27,32)(H,28,29)(H,30,31). The molecule has 1 heterocycles. The molecule has 0 aliphatic carbocycles. The molecule has 0 bridgehead atoms. The highest BCUT2D eigenvalue weighted by Crippen LogP contribution is 2.35. The van der Waals surface area contributed by atoms with Crippen LogP contribution in [-0.4, -0.2) is 64.7 Å². The van der Waals surface area contributed by atoms with Gasteiger partial charge in [0.25, 0.3) is 0 Å². The molecule has 2 amide bonds. The van der Waals surface area contributed by atoms with Crippen LogP contribution in [0, 0.1) is 0 Å². The minimum absolute atomic E-state index is 0.0634. The molecule has 1 aliphatic heterocycles. The summed E-state index contributed by atoms with van der Waals surface area (Å²) in [6.45, 7) is 1.51. The number of amides is 2. The van der Waals surface area contributed by atoms with E-state index in [-0.39, 0.29) is 39.0 Å². The maximum Gasteiger partial charge on any atom is 0.239 e. The largest absolute Gasteiger partial charge is 0.368 e. The quantitative estimate of drug-likeness (QED) is 0.310. The maximum atomic E-state index is 12.4. The van der Waals surface area contributed by atoms with Gasteiger partial charge < -0.3 is 16.0 Å². The highest BCUT2D eigenvalue weighted by atomic mass is 35.5. The van der Waals surface area contributed by atoms with E-state index < -0.39 is 21.6 Å². The van der Waals surface area contributed by atoms with Crippen LogP contribution in [0.3, 0.4) is 0 Å². The smallest absolute Gasteiger partial charge is 0.239 e. The zero-order valence-electron chi connectivity index (χ0n) is 18.5. The molecule has 35 heavy (non-hydrogen) atoms. The van der Waals surface area contributed by atoms with E-state index >= 15 is 0 Å². The van der Waals surface area contributed by atoms with Gasteiger partial charge in [-0.3, -0.25) is 19.9 Å². The molecule has 0 saturated carbocycles. The van der Waals surface area contributed by atoms with Gasteiger partial charge in [-0.05, 0) is 24.1 Å². The van der Waals surface area contributed by atoms with Gasteiger partial charge in [0, 0.05) is 18.7 Å². The highest BCUT2D eigenvalue weighted by molar-refractivity contribution is 7.91. The summed E-state index contributed by atoms with van der Waals surface area (Å²) >= 11 is 17.7. The van der Waals surface area contributed by atoms with E-state index in [0.29, 0.717) is 13.0 Å². The Balaban J connectivity index is 1.34. The van der Waals surface area contributed by atoms with Gasteiger partial charge in [0.1, 0.15) is 11.7 Å². The van der Waals surface area contributed by atoms with Crippen molar-refractivity contribution in [2.75, 3.05) is 38.6 Å². The predicted octanol–water partition coefficient (Wildman–Crippen LogP) is 1.79. The number of nitrogens with zero attached hydrogens (tertiary/aromatic N) is 1. The predicted molar refractivity (Wildman–Crippen MR) is 137 cm³/mol. The molecule has 188 valence electrons. The number of nitrogens with one attached hydrogen (secondary N) is 4. The van der Waals surface area contributed by atoms with E-state index in [1.807, 2.05) is 24.3 Å². The molecule has 9 nitrogen and oxygen atoms in total. The second-order valence-corrected chi connectivity index (χ2v) is 10.7. The van der Waals surface area contributed by atoms with Crippen molar-refractivity contribution in [1.82, 2.24) is 21.3 Å². The van der Waals surface area contributed by atoms with E-state index in [1.165, 1.54) is 12.1 Å². The summed E-state index contributed by atoms with van der Waals surface area (Å²) in [5.74, 6) is -0.540. The zero-order valence-corrected chi connectivity index (χ0v) is 21.6. The van der Waals surface area contributed by atoms with Crippen LogP contribution in [0.5, 0.6) is 0 Å². The lowest BCUT2D eigenvalue weighted by molar-refractivity contribution is -0.125. The molecule has 1 aliphatic rings. The lowest BCUT2D eigenvalue weighted by atomic mass is 10.1. The summed E-state index contributed by atoms with van der Waals surface area (Å²) in [4.78, 5) is 28.1. The van der Waals surface area contributed by atoms with Crippen LogP contribution in [0.4, 0.5) is 0 Å². The fourth-order valence-electron chi connectivity index (χ4n) is 3.20. The first kappa shape index (κ1) is 27.2. The number of hydrogen-bond acceptors (Lipinski definition) is 7. The van der Waals surface area contributed by atoms with Crippen LogP contribution in [0.1, 0.15) is 11.1 Å². The topological polar surface area (TPSA) is 129 Å². The van der Waals surface area contributed by atoms with Crippen LogP contribution in [0.15, 0.2) is 46.3 Å². The lowest BCUT2D eigenvalue weighted by Crippen LogP contribution is -2.42. The summed E-state index contributed by atoms with van der Waals surface area (Å²) in [6.07, 6.45) is 0.635. The number of carbonyl (C=O) groups is 2. The Hall–Kier alpha value is -2.37. The van der Waals surface area contributed by atoms with Crippen molar-refractivity contribution in [3.05, 3.63) is 62.6 Å². The lowest BCUT2D eigenvalue weighted by Gasteiger charge is -2.10. The average Bonchev–Trinajstić information content (AvgIpc) is 3.36. The van der Waals surface area contributed by atoms with Gasteiger partial charge in [0.05, 0.1) is 39.6 Å². The van der Waals surface area contributed by atoms with Gasteiger partial charge in [-0.25, -0.2) is 8.42 Å². The summed E-state index contributed by atoms with van der Waals surface area (Å²) in [5.41, 5.74) is 2.09. The molecular formula is C22H24Cl3N5O4S. The van der Waals surface area contributed by atoms with E-state index in [2.05, 4.69) is 26.3 Å². The number of carbonyl (C=O) groups excluding carboxylic acids is 2. The van der Waals surface area contributed by atoms with Gasteiger partial charge in [-0.15, -0.1) is 0 Å². The molecule has 13 heteroatoms. The Labute approximate surface area is 218 Å².